The standard InChI is InChI=1S/C17H20N6O/c24-16-6-12-9-23(14-1-2-19-17-13(14)7-20-21-17)8-11(12)5-15(16)22-4-3-18-10-22/h1-4,7,10-12,15-16,24H,5-6,8-9H2,(H,19,20,21)/t11-,12+,15-,16-/m1/s1. The SMILES string of the molecule is O[C@@H]1C[C@H]2CN(c3ccnc4[nH]ncc34)C[C@H]2C[C@H]1n1ccnc1. The molecule has 2 N–H and O–H groups in total. The Morgan fingerprint density at radius 2 is 2.04 bits per heavy atom. The number of aliphatic hydroxyl groups is 1. The molecule has 4 heterocycles. The molecule has 1 aliphatic carbocycles. The van der Waals surface area contributed by atoms with E-state index >= 15 is 0 Å². The summed E-state index contributed by atoms with van der Waals surface area (Å²) in [5.41, 5.74) is 2.02. The van der Waals surface area contributed by atoms with E-state index in [1.165, 1.54) is 5.69 Å². The number of rotatable bonds is 2. The number of H-pyrrole nitrogens is 1. The van der Waals surface area contributed by atoms with Gasteiger partial charge in [-0.05, 0) is 30.7 Å². The number of aliphatic hydroxyl groups excluding tert-OH is 1. The molecule has 2 fully saturated rings. The number of aromatic amines is 1. The molecule has 1 saturated carbocycles. The Labute approximate surface area is 139 Å². The van der Waals surface area contributed by atoms with E-state index in [4.69, 9.17) is 0 Å². The third-order valence-electron chi connectivity index (χ3n) is 5.69. The van der Waals surface area contributed by atoms with Gasteiger partial charge < -0.3 is 14.6 Å². The van der Waals surface area contributed by atoms with Gasteiger partial charge >= 0.3 is 0 Å². The Hall–Kier alpha value is -2.41. The second-order valence-corrected chi connectivity index (χ2v) is 7.00. The first-order chi connectivity index (χ1) is 11.8. The predicted octanol–water partition coefficient (Wildman–Crippen LogP) is 1.60. The third-order valence-corrected chi connectivity index (χ3v) is 5.69. The van der Waals surface area contributed by atoms with E-state index < -0.39 is 0 Å². The lowest BCUT2D eigenvalue weighted by molar-refractivity contribution is 0.0358. The van der Waals surface area contributed by atoms with Crippen molar-refractivity contribution < 1.29 is 5.11 Å². The molecule has 0 aromatic carbocycles. The van der Waals surface area contributed by atoms with Crippen LogP contribution in [-0.4, -0.2) is 49.0 Å². The molecular weight excluding hydrogens is 304 g/mol. The van der Waals surface area contributed by atoms with E-state index in [1.807, 2.05) is 24.9 Å². The molecule has 0 spiro atoms. The van der Waals surface area contributed by atoms with Crippen LogP contribution in [0.25, 0.3) is 11.0 Å². The molecule has 1 saturated heterocycles. The maximum absolute atomic E-state index is 10.6. The fraction of sp³-hybridized carbons (Fsp3) is 0.471. The first-order valence-corrected chi connectivity index (χ1v) is 8.48. The normalized spacial score (nSPS) is 30.0. The van der Waals surface area contributed by atoms with Gasteiger partial charge in [0, 0.05) is 31.7 Å². The second kappa shape index (κ2) is 5.31. The van der Waals surface area contributed by atoms with Crippen molar-refractivity contribution >= 4 is 16.7 Å². The first kappa shape index (κ1) is 14.0. The molecule has 1 aliphatic heterocycles. The van der Waals surface area contributed by atoms with Gasteiger partial charge in [-0.15, -0.1) is 0 Å². The Morgan fingerprint density at radius 1 is 1.17 bits per heavy atom. The van der Waals surface area contributed by atoms with Crippen molar-refractivity contribution in [3.63, 3.8) is 0 Å². The predicted molar refractivity (Wildman–Crippen MR) is 89.6 cm³/mol. The van der Waals surface area contributed by atoms with Crippen LogP contribution >= 0.6 is 0 Å². The minimum atomic E-state index is -0.299. The highest BCUT2D eigenvalue weighted by atomic mass is 16.3. The van der Waals surface area contributed by atoms with Gasteiger partial charge in [-0.2, -0.15) is 5.10 Å². The van der Waals surface area contributed by atoms with Gasteiger partial charge in [-0.1, -0.05) is 0 Å². The van der Waals surface area contributed by atoms with E-state index in [9.17, 15) is 5.11 Å². The van der Waals surface area contributed by atoms with Crippen LogP contribution in [0.5, 0.6) is 0 Å². The lowest BCUT2D eigenvalue weighted by atomic mass is 9.77. The fourth-order valence-corrected chi connectivity index (χ4v) is 4.50. The third kappa shape index (κ3) is 2.11. The molecule has 3 aromatic rings. The van der Waals surface area contributed by atoms with Crippen LogP contribution in [0.15, 0.2) is 37.2 Å². The lowest BCUT2D eigenvalue weighted by Gasteiger charge is -2.35. The lowest BCUT2D eigenvalue weighted by Crippen LogP contribution is -2.35. The Balaban J connectivity index is 1.41. The maximum Gasteiger partial charge on any atom is 0.157 e. The zero-order valence-corrected chi connectivity index (χ0v) is 13.3. The van der Waals surface area contributed by atoms with Gasteiger partial charge in [0.05, 0.1) is 35.7 Å². The molecule has 4 atom stereocenters. The minimum absolute atomic E-state index is 0.139. The van der Waals surface area contributed by atoms with Crippen molar-refractivity contribution in [3.05, 3.63) is 37.2 Å². The van der Waals surface area contributed by atoms with Gasteiger partial charge in [-0.3, -0.25) is 5.10 Å². The summed E-state index contributed by atoms with van der Waals surface area (Å²) < 4.78 is 2.06. The number of anilines is 1. The molecule has 0 amide bonds. The summed E-state index contributed by atoms with van der Waals surface area (Å²) in [7, 11) is 0. The molecule has 2 aliphatic rings. The number of imidazole rings is 1. The van der Waals surface area contributed by atoms with E-state index in [0.29, 0.717) is 11.8 Å². The van der Waals surface area contributed by atoms with Gasteiger partial charge in [0.1, 0.15) is 0 Å². The molecular formula is C17H20N6O. The summed E-state index contributed by atoms with van der Waals surface area (Å²) in [6.07, 6.45) is 10.8. The van der Waals surface area contributed by atoms with Crippen LogP contribution in [0.3, 0.4) is 0 Å². The van der Waals surface area contributed by atoms with Crippen molar-refractivity contribution in [3.8, 4) is 0 Å². The van der Waals surface area contributed by atoms with Crippen LogP contribution in [0.1, 0.15) is 18.9 Å². The highest BCUT2D eigenvalue weighted by Crippen LogP contribution is 2.43. The quantitative estimate of drug-likeness (QED) is 0.748. The highest BCUT2D eigenvalue weighted by Gasteiger charge is 2.42. The molecule has 124 valence electrons. The number of hydrogen-bond acceptors (Lipinski definition) is 5. The van der Waals surface area contributed by atoms with Crippen molar-refractivity contribution in [2.45, 2.75) is 25.0 Å². The average molecular weight is 324 g/mol. The van der Waals surface area contributed by atoms with E-state index in [1.54, 1.807) is 6.20 Å². The van der Waals surface area contributed by atoms with Crippen LogP contribution in [0, 0.1) is 11.8 Å². The largest absolute Gasteiger partial charge is 0.391 e. The first-order valence-electron chi connectivity index (χ1n) is 8.48. The number of pyridine rings is 1. The average Bonchev–Trinajstić information content (AvgIpc) is 3.32. The van der Waals surface area contributed by atoms with Crippen molar-refractivity contribution in [2.75, 3.05) is 18.0 Å². The van der Waals surface area contributed by atoms with E-state index in [-0.39, 0.29) is 12.1 Å². The molecule has 24 heavy (non-hydrogen) atoms. The summed E-state index contributed by atoms with van der Waals surface area (Å²) in [6, 6.07) is 2.21. The van der Waals surface area contributed by atoms with E-state index in [0.717, 1.165) is 37.0 Å². The van der Waals surface area contributed by atoms with Gasteiger partial charge in [0.2, 0.25) is 0 Å². The van der Waals surface area contributed by atoms with Gasteiger partial charge in [0.15, 0.2) is 5.65 Å². The van der Waals surface area contributed by atoms with Crippen molar-refractivity contribution in [2.24, 2.45) is 11.8 Å². The fourth-order valence-electron chi connectivity index (χ4n) is 4.50. The number of hydrogen-bond donors (Lipinski definition) is 2. The molecule has 0 bridgehead atoms. The minimum Gasteiger partial charge on any atom is -0.391 e. The van der Waals surface area contributed by atoms with Gasteiger partial charge in [0.25, 0.3) is 0 Å². The summed E-state index contributed by atoms with van der Waals surface area (Å²) in [4.78, 5) is 10.9. The van der Waals surface area contributed by atoms with Crippen LogP contribution in [0.4, 0.5) is 5.69 Å². The van der Waals surface area contributed by atoms with Crippen LogP contribution in [-0.2, 0) is 0 Å². The van der Waals surface area contributed by atoms with Gasteiger partial charge in [-0.25, -0.2) is 9.97 Å². The summed E-state index contributed by atoms with van der Waals surface area (Å²) >= 11 is 0. The van der Waals surface area contributed by atoms with Crippen LogP contribution in [0.2, 0.25) is 0 Å². The highest BCUT2D eigenvalue weighted by molar-refractivity contribution is 5.88. The number of aromatic nitrogens is 5. The monoisotopic (exact) mass is 324 g/mol. The molecule has 7 heteroatoms. The molecule has 0 radical (unpaired) electrons. The smallest absolute Gasteiger partial charge is 0.157 e. The summed E-state index contributed by atoms with van der Waals surface area (Å²) in [5.74, 6) is 1.13. The Bertz CT molecular complexity index is 844. The Morgan fingerprint density at radius 3 is 2.88 bits per heavy atom. The van der Waals surface area contributed by atoms with E-state index in [2.05, 4.69) is 35.7 Å². The number of nitrogens with one attached hydrogen (secondary N) is 1. The Kier molecular flexibility index (Phi) is 3.09. The van der Waals surface area contributed by atoms with Crippen molar-refractivity contribution in [1.29, 1.82) is 0 Å². The topological polar surface area (TPSA) is 82.9 Å². The second-order valence-electron chi connectivity index (χ2n) is 7.00. The summed E-state index contributed by atoms with van der Waals surface area (Å²) in [5, 5.41) is 18.7. The maximum atomic E-state index is 10.6. The van der Waals surface area contributed by atoms with Crippen molar-refractivity contribution in [1.82, 2.24) is 24.7 Å². The number of fused-ring (bicyclic) bond motifs is 2. The number of nitrogens with zero attached hydrogens (tertiary/aromatic N) is 5. The molecule has 3 aromatic heterocycles. The molecule has 0 unspecified atom stereocenters. The molecule has 5 rings (SSSR count). The zero-order chi connectivity index (χ0) is 16.1. The van der Waals surface area contributed by atoms with Crippen LogP contribution < -0.4 is 4.90 Å². The summed E-state index contributed by atoms with van der Waals surface area (Å²) in [6.45, 7) is 2.01. The molecule has 7 nitrogen and oxygen atoms in total. The zero-order valence-electron chi connectivity index (χ0n) is 13.3.